The fraction of sp³-hybridized carbons (Fsp3) is 0.267. The number of rotatable bonds is 3. The van der Waals surface area contributed by atoms with Crippen LogP contribution in [0.25, 0.3) is 22.9 Å². The molecule has 1 aromatic carbocycles. The molecule has 0 radical (unpaired) electrons. The molecule has 1 aliphatic rings. The molecule has 2 heterocycles. The molecule has 0 saturated heterocycles. The first-order chi connectivity index (χ1) is 10.6. The van der Waals surface area contributed by atoms with Crippen LogP contribution in [0.1, 0.15) is 25.1 Å². The van der Waals surface area contributed by atoms with Crippen LogP contribution in [0.15, 0.2) is 39.4 Å². The lowest BCUT2D eigenvalue weighted by Crippen LogP contribution is -2.44. The van der Waals surface area contributed by atoms with Gasteiger partial charge in [-0.1, -0.05) is 34.0 Å². The van der Waals surface area contributed by atoms with Crippen LogP contribution in [0, 0.1) is 0 Å². The average molecular weight is 353 g/mol. The largest absolute Gasteiger partial charge is 0.350 e. The zero-order valence-corrected chi connectivity index (χ0v) is 13.6. The number of aromatic nitrogens is 3. The van der Waals surface area contributed by atoms with Crippen molar-refractivity contribution in [2.75, 3.05) is 0 Å². The Morgan fingerprint density at radius 2 is 1.96 bits per heavy atom. The molecule has 4 rings (SSSR count). The second-order valence-corrected chi connectivity index (χ2v) is 5.96. The van der Waals surface area contributed by atoms with Crippen LogP contribution in [0.4, 0.5) is 0 Å². The van der Waals surface area contributed by atoms with Gasteiger partial charge in [-0.25, -0.2) is 0 Å². The zero-order chi connectivity index (χ0) is 15.2. The maximum Gasteiger partial charge on any atom is 0.296 e. The summed E-state index contributed by atoms with van der Waals surface area (Å²) >= 11 is 5.98. The van der Waals surface area contributed by atoms with Gasteiger partial charge in [0.2, 0.25) is 5.76 Å². The van der Waals surface area contributed by atoms with Crippen molar-refractivity contribution in [1.82, 2.24) is 15.3 Å². The summed E-state index contributed by atoms with van der Waals surface area (Å²) in [6.07, 6.45) is 2.83. The van der Waals surface area contributed by atoms with Gasteiger partial charge in [-0.15, -0.1) is 12.4 Å². The fourth-order valence-corrected chi connectivity index (χ4v) is 2.66. The summed E-state index contributed by atoms with van der Waals surface area (Å²) in [5, 5.41) is 8.62. The van der Waals surface area contributed by atoms with Crippen molar-refractivity contribution in [3.63, 3.8) is 0 Å². The summed E-state index contributed by atoms with van der Waals surface area (Å²) in [6.45, 7) is 0. The Labute approximate surface area is 143 Å². The van der Waals surface area contributed by atoms with E-state index in [0.717, 1.165) is 24.8 Å². The monoisotopic (exact) mass is 352 g/mol. The maximum atomic E-state index is 6.18. The van der Waals surface area contributed by atoms with E-state index >= 15 is 0 Å². The molecule has 8 heteroatoms. The molecule has 23 heavy (non-hydrogen) atoms. The Kier molecular flexibility index (Phi) is 4.14. The third kappa shape index (κ3) is 2.85. The standard InChI is InChI=1S/C15H13ClN4O2.ClH/c16-10-4-1-3-9(7-10)11-8-12(21-19-11)13-18-14(20-22-13)15(17)5-2-6-15;/h1,3-4,7-8H,2,5-6,17H2;1H. The molecule has 0 atom stereocenters. The van der Waals surface area contributed by atoms with E-state index in [4.69, 9.17) is 26.4 Å². The van der Waals surface area contributed by atoms with Crippen LogP contribution in [-0.4, -0.2) is 15.3 Å². The second kappa shape index (κ2) is 5.96. The minimum Gasteiger partial charge on any atom is -0.350 e. The highest BCUT2D eigenvalue weighted by molar-refractivity contribution is 6.30. The normalized spacial score (nSPS) is 15.7. The molecule has 0 spiro atoms. The number of benzene rings is 1. The molecule has 120 valence electrons. The van der Waals surface area contributed by atoms with Gasteiger partial charge in [-0.2, -0.15) is 4.98 Å². The summed E-state index contributed by atoms with van der Waals surface area (Å²) in [5.74, 6) is 1.22. The van der Waals surface area contributed by atoms with Gasteiger partial charge in [-0.3, -0.25) is 0 Å². The number of halogens is 2. The lowest BCUT2D eigenvalue weighted by molar-refractivity contribution is 0.229. The number of hydrogen-bond donors (Lipinski definition) is 1. The molecule has 1 aliphatic carbocycles. The van der Waals surface area contributed by atoms with Crippen LogP contribution in [0.2, 0.25) is 5.02 Å². The predicted molar refractivity (Wildman–Crippen MR) is 87.2 cm³/mol. The number of hydrogen-bond acceptors (Lipinski definition) is 6. The van der Waals surface area contributed by atoms with Crippen LogP contribution < -0.4 is 5.73 Å². The first-order valence-electron chi connectivity index (χ1n) is 7.00. The van der Waals surface area contributed by atoms with E-state index in [1.54, 1.807) is 12.1 Å². The Balaban J connectivity index is 0.00000156. The van der Waals surface area contributed by atoms with E-state index in [1.165, 1.54) is 0 Å². The highest BCUT2D eigenvalue weighted by Gasteiger charge is 2.39. The van der Waals surface area contributed by atoms with Crippen LogP contribution in [0.3, 0.4) is 0 Å². The van der Waals surface area contributed by atoms with E-state index in [9.17, 15) is 0 Å². The first kappa shape index (κ1) is 16.0. The van der Waals surface area contributed by atoms with E-state index in [-0.39, 0.29) is 18.3 Å². The molecule has 1 fully saturated rings. The molecule has 0 unspecified atom stereocenters. The molecule has 0 bridgehead atoms. The van der Waals surface area contributed by atoms with Crippen molar-refractivity contribution in [1.29, 1.82) is 0 Å². The van der Waals surface area contributed by atoms with Gasteiger partial charge in [0.1, 0.15) is 5.69 Å². The Bertz CT molecular complexity index is 826. The molecule has 6 nitrogen and oxygen atoms in total. The highest BCUT2D eigenvalue weighted by atomic mass is 35.5. The van der Waals surface area contributed by atoms with E-state index < -0.39 is 5.54 Å². The lowest BCUT2D eigenvalue weighted by Gasteiger charge is -2.34. The average Bonchev–Trinajstić information content (AvgIpc) is 3.14. The van der Waals surface area contributed by atoms with Crippen molar-refractivity contribution in [2.45, 2.75) is 24.8 Å². The van der Waals surface area contributed by atoms with Crippen molar-refractivity contribution < 1.29 is 9.05 Å². The molecule has 2 aromatic heterocycles. The number of nitrogens with zero attached hydrogens (tertiary/aromatic N) is 3. The zero-order valence-electron chi connectivity index (χ0n) is 12.0. The van der Waals surface area contributed by atoms with Crippen molar-refractivity contribution >= 4 is 24.0 Å². The van der Waals surface area contributed by atoms with Gasteiger partial charge in [-0.05, 0) is 31.4 Å². The Morgan fingerprint density at radius 1 is 1.13 bits per heavy atom. The van der Waals surface area contributed by atoms with Crippen molar-refractivity contribution in [3.8, 4) is 22.9 Å². The molecule has 2 N–H and O–H groups in total. The summed E-state index contributed by atoms with van der Waals surface area (Å²) in [7, 11) is 0. The lowest BCUT2D eigenvalue weighted by atomic mass is 9.77. The second-order valence-electron chi connectivity index (χ2n) is 5.52. The van der Waals surface area contributed by atoms with Gasteiger partial charge in [0.15, 0.2) is 5.82 Å². The minimum atomic E-state index is -0.461. The molecule has 0 aliphatic heterocycles. The summed E-state index contributed by atoms with van der Waals surface area (Å²) < 4.78 is 10.5. The molecular weight excluding hydrogens is 339 g/mol. The van der Waals surface area contributed by atoms with Crippen molar-refractivity contribution in [2.24, 2.45) is 5.73 Å². The van der Waals surface area contributed by atoms with Crippen LogP contribution in [0.5, 0.6) is 0 Å². The van der Waals surface area contributed by atoms with Gasteiger partial charge in [0.25, 0.3) is 5.89 Å². The highest BCUT2D eigenvalue weighted by Crippen LogP contribution is 2.38. The number of nitrogens with two attached hydrogens (primary N) is 1. The summed E-state index contributed by atoms with van der Waals surface area (Å²) in [6, 6.07) is 9.11. The Hall–Kier alpha value is -1.89. The quantitative estimate of drug-likeness (QED) is 0.770. The van der Waals surface area contributed by atoms with Gasteiger partial charge >= 0.3 is 0 Å². The topological polar surface area (TPSA) is 91.0 Å². The minimum absolute atomic E-state index is 0. The molecule has 1 saturated carbocycles. The molecule has 0 amide bonds. The van der Waals surface area contributed by atoms with E-state index in [0.29, 0.717) is 22.3 Å². The van der Waals surface area contributed by atoms with Crippen LogP contribution >= 0.6 is 24.0 Å². The third-order valence-corrected chi connectivity index (χ3v) is 4.19. The third-order valence-electron chi connectivity index (χ3n) is 3.96. The fourth-order valence-electron chi connectivity index (χ4n) is 2.47. The smallest absolute Gasteiger partial charge is 0.296 e. The first-order valence-corrected chi connectivity index (χ1v) is 7.38. The predicted octanol–water partition coefficient (Wildman–Crippen LogP) is 3.80. The summed E-state index contributed by atoms with van der Waals surface area (Å²) in [5.41, 5.74) is 7.24. The Morgan fingerprint density at radius 3 is 2.65 bits per heavy atom. The molecular formula is C15H14Cl2N4O2. The SMILES string of the molecule is Cl.NC1(c2noc(-c3cc(-c4cccc(Cl)c4)no3)n2)CCC1. The van der Waals surface area contributed by atoms with Crippen LogP contribution in [-0.2, 0) is 5.54 Å². The molecule has 3 aromatic rings. The van der Waals surface area contributed by atoms with Gasteiger partial charge in [0.05, 0.1) is 5.54 Å². The maximum absolute atomic E-state index is 6.18. The van der Waals surface area contributed by atoms with E-state index in [1.807, 2.05) is 18.2 Å². The van der Waals surface area contributed by atoms with Gasteiger partial charge in [0, 0.05) is 16.7 Å². The van der Waals surface area contributed by atoms with E-state index in [2.05, 4.69) is 15.3 Å². The van der Waals surface area contributed by atoms with Gasteiger partial charge < -0.3 is 14.8 Å². The van der Waals surface area contributed by atoms with Crippen molar-refractivity contribution in [3.05, 3.63) is 41.2 Å². The summed E-state index contributed by atoms with van der Waals surface area (Å²) in [4.78, 5) is 4.34.